The molecule has 1 fully saturated rings. The fourth-order valence-corrected chi connectivity index (χ4v) is 1.79. The average molecular weight is 236 g/mol. The molecule has 2 rings (SSSR count). The van der Waals surface area contributed by atoms with E-state index < -0.39 is 0 Å². The number of anilines is 1. The molecule has 17 heavy (non-hydrogen) atoms. The van der Waals surface area contributed by atoms with Crippen LogP contribution in [-0.4, -0.2) is 48.2 Å². The number of methoxy groups -OCH3 is 1. The van der Waals surface area contributed by atoms with Crippen LogP contribution in [0.4, 0.5) is 5.82 Å². The molecule has 94 valence electrons. The van der Waals surface area contributed by atoms with Gasteiger partial charge in [-0.2, -0.15) is 4.98 Å². The lowest BCUT2D eigenvalue weighted by Crippen LogP contribution is -2.27. The number of nitrogens with one attached hydrogen (secondary N) is 1. The van der Waals surface area contributed by atoms with Crippen LogP contribution in [0.25, 0.3) is 0 Å². The first kappa shape index (κ1) is 12.1. The van der Waals surface area contributed by atoms with Crippen molar-refractivity contribution in [3.8, 4) is 5.88 Å². The van der Waals surface area contributed by atoms with E-state index in [1.807, 2.05) is 13.0 Å². The van der Waals surface area contributed by atoms with E-state index >= 15 is 0 Å². The van der Waals surface area contributed by atoms with E-state index in [4.69, 9.17) is 4.74 Å². The highest BCUT2D eigenvalue weighted by Gasteiger charge is 2.25. The number of hydrogen-bond acceptors (Lipinski definition) is 5. The largest absolute Gasteiger partial charge is 0.481 e. The summed E-state index contributed by atoms with van der Waals surface area (Å²) in [7, 11) is 3.79. The van der Waals surface area contributed by atoms with Gasteiger partial charge in [-0.1, -0.05) is 0 Å². The van der Waals surface area contributed by atoms with Gasteiger partial charge in [0.25, 0.3) is 0 Å². The molecular formula is C12H20N4O. The average Bonchev–Trinajstić information content (AvgIpc) is 3.12. The van der Waals surface area contributed by atoms with Crippen LogP contribution in [-0.2, 0) is 0 Å². The summed E-state index contributed by atoms with van der Waals surface area (Å²) in [5.41, 5.74) is 0. The van der Waals surface area contributed by atoms with E-state index in [0.717, 1.165) is 30.8 Å². The van der Waals surface area contributed by atoms with E-state index in [1.165, 1.54) is 12.8 Å². The number of aromatic nitrogens is 2. The van der Waals surface area contributed by atoms with Crippen molar-refractivity contribution in [1.29, 1.82) is 0 Å². The molecule has 1 aromatic rings. The first-order chi connectivity index (χ1) is 8.19. The van der Waals surface area contributed by atoms with Gasteiger partial charge >= 0.3 is 0 Å². The van der Waals surface area contributed by atoms with Gasteiger partial charge in [-0.15, -0.1) is 0 Å². The number of nitrogens with zero attached hydrogens (tertiary/aromatic N) is 3. The summed E-state index contributed by atoms with van der Waals surface area (Å²) in [5, 5.41) is 3.30. The van der Waals surface area contributed by atoms with Gasteiger partial charge < -0.3 is 15.0 Å². The zero-order chi connectivity index (χ0) is 12.3. The Labute approximate surface area is 102 Å². The molecule has 1 N–H and O–H groups in total. The fraction of sp³-hybridized carbons (Fsp3) is 0.667. The third-order valence-electron chi connectivity index (χ3n) is 2.96. The first-order valence-electron chi connectivity index (χ1n) is 6.03. The van der Waals surface area contributed by atoms with Gasteiger partial charge in [-0.25, -0.2) is 4.98 Å². The van der Waals surface area contributed by atoms with Gasteiger partial charge in [0.2, 0.25) is 5.88 Å². The van der Waals surface area contributed by atoms with Crippen LogP contribution in [0.3, 0.4) is 0 Å². The highest BCUT2D eigenvalue weighted by molar-refractivity contribution is 5.38. The molecule has 1 heterocycles. The van der Waals surface area contributed by atoms with Crippen LogP contribution < -0.4 is 10.1 Å². The second-order valence-electron chi connectivity index (χ2n) is 4.48. The topological polar surface area (TPSA) is 50.3 Å². The van der Waals surface area contributed by atoms with Crippen LogP contribution >= 0.6 is 0 Å². The van der Waals surface area contributed by atoms with Crippen molar-refractivity contribution in [2.45, 2.75) is 25.8 Å². The molecule has 0 bridgehead atoms. The third kappa shape index (κ3) is 3.56. The van der Waals surface area contributed by atoms with E-state index in [9.17, 15) is 0 Å². The van der Waals surface area contributed by atoms with Crippen molar-refractivity contribution in [1.82, 2.24) is 14.9 Å². The minimum Gasteiger partial charge on any atom is -0.481 e. The molecule has 0 amide bonds. The summed E-state index contributed by atoms with van der Waals surface area (Å²) in [6.07, 6.45) is 2.69. The second-order valence-corrected chi connectivity index (χ2v) is 4.48. The van der Waals surface area contributed by atoms with Crippen LogP contribution in [0.1, 0.15) is 18.7 Å². The SMILES string of the molecule is COc1cc(NCCN(C)C2CC2)nc(C)n1. The predicted molar refractivity (Wildman–Crippen MR) is 67.5 cm³/mol. The smallest absolute Gasteiger partial charge is 0.218 e. The summed E-state index contributed by atoms with van der Waals surface area (Å²) in [6, 6.07) is 2.63. The third-order valence-corrected chi connectivity index (χ3v) is 2.96. The number of rotatable bonds is 6. The Kier molecular flexibility index (Phi) is 3.78. The minimum absolute atomic E-state index is 0.607. The monoisotopic (exact) mass is 236 g/mol. The maximum Gasteiger partial charge on any atom is 0.218 e. The molecule has 1 aromatic heterocycles. The summed E-state index contributed by atoms with van der Waals surface area (Å²) >= 11 is 0. The highest BCUT2D eigenvalue weighted by Crippen LogP contribution is 2.24. The Morgan fingerprint density at radius 1 is 1.47 bits per heavy atom. The Bertz CT molecular complexity index is 379. The summed E-state index contributed by atoms with van der Waals surface area (Å²) in [6.45, 7) is 3.80. The van der Waals surface area contributed by atoms with E-state index in [0.29, 0.717) is 5.88 Å². The van der Waals surface area contributed by atoms with Crippen LogP contribution in [0.2, 0.25) is 0 Å². The van der Waals surface area contributed by atoms with Crippen molar-refractivity contribution in [2.24, 2.45) is 0 Å². The van der Waals surface area contributed by atoms with Gasteiger partial charge in [0.1, 0.15) is 11.6 Å². The van der Waals surface area contributed by atoms with E-state index in [2.05, 4.69) is 27.2 Å². The van der Waals surface area contributed by atoms with Crippen LogP contribution in [0.5, 0.6) is 5.88 Å². The van der Waals surface area contributed by atoms with Crippen molar-refractivity contribution in [3.63, 3.8) is 0 Å². The number of ether oxygens (including phenoxy) is 1. The van der Waals surface area contributed by atoms with Gasteiger partial charge in [-0.05, 0) is 26.8 Å². The normalized spacial score (nSPS) is 15.1. The molecule has 5 nitrogen and oxygen atoms in total. The number of aryl methyl sites for hydroxylation is 1. The molecule has 0 radical (unpaired) electrons. The molecule has 1 aliphatic rings. The quantitative estimate of drug-likeness (QED) is 0.807. The molecular weight excluding hydrogens is 216 g/mol. The van der Waals surface area contributed by atoms with Gasteiger partial charge in [0, 0.05) is 25.2 Å². The molecule has 0 aromatic carbocycles. The number of likely N-dealkylation sites (N-methyl/N-ethyl adjacent to an activating group) is 1. The lowest BCUT2D eigenvalue weighted by atomic mass is 10.4. The van der Waals surface area contributed by atoms with E-state index in [1.54, 1.807) is 7.11 Å². The van der Waals surface area contributed by atoms with Crippen LogP contribution in [0, 0.1) is 6.92 Å². The Morgan fingerprint density at radius 2 is 2.24 bits per heavy atom. The highest BCUT2D eigenvalue weighted by atomic mass is 16.5. The maximum atomic E-state index is 5.11. The lowest BCUT2D eigenvalue weighted by molar-refractivity contribution is 0.337. The molecule has 0 unspecified atom stereocenters. The molecule has 0 aliphatic heterocycles. The molecule has 0 spiro atoms. The zero-order valence-electron chi connectivity index (χ0n) is 10.7. The Hall–Kier alpha value is -1.36. The maximum absolute atomic E-state index is 5.11. The molecule has 0 atom stereocenters. The van der Waals surface area contributed by atoms with Gasteiger partial charge in [-0.3, -0.25) is 0 Å². The predicted octanol–water partition coefficient (Wildman–Crippen LogP) is 1.30. The van der Waals surface area contributed by atoms with Crippen molar-refractivity contribution in [3.05, 3.63) is 11.9 Å². The lowest BCUT2D eigenvalue weighted by Gasteiger charge is -2.16. The van der Waals surface area contributed by atoms with Crippen molar-refractivity contribution in [2.75, 3.05) is 32.6 Å². The zero-order valence-corrected chi connectivity index (χ0v) is 10.7. The molecule has 0 saturated heterocycles. The van der Waals surface area contributed by atoms with Gasteiger partial charge in [0.15, 0.2) is 0 Å². The second kappa shape index (κ2) is 5.31. The Balaban J connectivity index is 1.83. The van der Waals surface area contributed by atoms with Gasteiger partial charge in [0.05, 0.1) is 7.11 Å². The molecule has 1 aliphatic carbocycles. The van der Waals surface area contributed by atoms with Crippen molar-refractivity contribution < 1.29 is 4.74 Å². The van der Waals surface area contributed by atoms with Crippen molar-refractivity contribution >= 4 is 5.82 Å². The summed E-state index contributed by atoms with van der Waals surface area (Å²) < 4.78 is 5.11. The van der Waals surface area contributed by atoms with E-state index in [-0.39, 0.29) is 0 Å². The molecule has 5 heteroatoms. The molecule has 1 saturated carbocycles. The van der Waals surface area contributed by atoms with Crippen LogP contribution in [0.15, 0.2) is 6.07 Å². The summed E-state index contributed by atoms with van der Waals surface area (Å²) in [5.74, 6) is 2.16. The fourth-order valence-electron chi connectivity index (χ4n) is 1.79. The minimum atomic E-state index is 0.607. The standard InChI is InChI=1S/C12H20N4O/c1-9-14-11(8-12(15-9)17-3)13-6-7-16(2)10-4-5-10/h8,10H,4-7H2,1-3H3,(H,13,14,15). The summed E-state index contributed by atoms with van der Waals surface area (Å²) in [4.78, 5) is 10.9. The first-order valence-corrected chi connectivity index (χ1v) is 6.03. The number of hydrogen-bond donors (Lipinski definition) is 1. The Morgan fingerprint density at radius 3 is 2.88 bits per heavy atom.